The second-order valence-electron chi connectivity index (χ2n) is 32.3. The molecule has 712 valence electrons. The Bertz CT molecular complexity index is 6370. The molecule has 20 rings (SSSR count). The molecule has 0 radical (unpaired) electrons. The molecule has 8 nitrogen and oxygen atoms in total. The first-order chi connectivity index (χ1) is 69.0. The Kier molecular flexibility index (Phi) is 45.1. The molecular weight excluding hydrogens is 2030 g/mol. The molecule has 16 aromatic carbocycles. The number of aliphatic hydroxyl groups is 1. The van der Waals surface area contributed by atoms with Crippen molar-refractivity contribution in [3.05, 3.63) is 529 Å². The van der Waals surface area contributed by atoms with Gasteiger partial charge in [0, 0.05) is 101 Å². The number of pyridine rings is 2. The second kappa shape index (κ2) is 59.2. The average molecular weight is 2150 g/mol. The zero-order chi connectivity index (χ0) is 96.9. The number of nitrogens with two attached hydrogens (primary N) is 2. The molecule has 0 bridgehead atoms. The Labute approximate surface area is 881 Å². The Morgan fingerprint density at radius 3 is 0.880 bits per heavy atom. The van der Waals surface area contributed by atoms with Crippen LogP contribution in [-0.2, 0) is 38.2 Å². The molecule has 0 atom stereocenters. The van der Waals surface area contributed by atoms with Crippen molar-refractivity contribution in [3.8, 4) is 46.7 Å². The molecule has 0 amide bonds. The fraction of sp³-hybridized carbons (Fsp3) is 0.0880. The minimum absolute atomic E-state index is 0. The third-order valence-corrected chi connectivity index (χ3v) is 33.3. The molecule has 0 fully saturated rings. The summed E-state index contributed by atoms with van der Waals surface area (Å²) in [6, 6.07) is 173. The van der Waals surface area contributed by atoms with E-state index in [0.29, 0.717) is 29.7 Å². The number of terminal acetylenes is 1. The van der Waals surface area contributed by atoms with Gasteiger partial charge in [-0.2, -0.15) is 0 Å². The van der Waals surface area contributed by atoms with Crippen LogP contribution in [0, 0.1) is 24.2 Å². The van der Waals surface area contributed by atoms with E-state index in [9.17, 15) is 0 Å². The van der Waals surface area contributed by atoms with Crippen molar-refractivity contribution in [2.45, 2.75) is 51.6 Å². The average Bonchev–Trinajstić information content (AvgIpc) is 1.63. The molecule has 142 heavy (non-hydrogen) atoms. The number of unbranched alkanes of at least 4 members (excludes halogenated alkanes) is 4. The van der Waals surface area contributed by atoms with Crippen molar-refractivity contribution in [3.63, 3.8) is 0 Å². The van der Waals surface area contributed by atoms with Crippen LogP contribution in [-0.4, -0.2) is 44.5 Å². The standard InChI is InChI=1S/C27H26ClN3O.C20H15BrClN3.4C18H15P.C6H10O.ClH.Pd/c1-32-16-7-3-2-4-9-20-14-15-21-18-26(23-11-5-6-12-24(23)28)31(25(21)17-20)19-22-10-8-13-27(29)30-22;21-14-9-8-13-10-19(16-5-1-2-6-17(16)22)25(18(13)11-14)12-15-4-3-7-20(23)24-15;4*1-4-10-16(11-5-1)19(17-12-6-2-7-13-17)18-14-8-3-9-15-18;1-2-3-4-5-6-7;;/h5-6,8,10-15,17-18H,2-3,7,16,19H2,1H3,(H2,29,30);1-11H,12H2,(H2,23,24);4*1-15H;1,7H,3-6H2;1H;. The third-order valence-electron chi connectivity index (χ3n) is 22.4. The van der Waals surface area contributed by atoms with Crippen LogP contribution >= 0.6 is 83.2 Å². The quantitative estimate of drug-likeness (QED) is 0.0227. The number of hydrogen-bond donors (Lipinski definition) is 3. The Morgan fingerprint density at radius 1 is 0.331 bits per heavy atom. The van der Waals surface area contributed by atoms with Crippen LogP contribution in [0.2, 0.25) is 10.0 Å². The van der Waals surface area contributed by atoms with E-state index in [2.05, 4.69) is 459 Å². The fourth-order valence-electron chi connectivity index (χ4n) is 15.9. The van der Waals surface area contributed by atoms with E-state index < -0.39 is 31.7 Å². The predicted molar refractivity (Wildman–Crippen MR) is 618 cm³/mol. The van der Waals surface area contributed by atoms with Gasteiger partial charge in [0.15, 0.2) is 0 Å². The molecule has 0 saturated carbocycles. The summed E-state index contributed by atoms with van der Waals surface area (Å²) in [5.41, 5.74) is 20.9. The smallest absolute Gasteiger partial charge is 0.123 e. The van der Waals surface area contributed by atoms with Gasteiger partial charge in [0.05, 0.1) is 41.4 Å². The first-order valence-corrected chi connectivity index (χ1v) is 53.6. The van der Waals surface area contributed by atoms with E-state index in [0.717, 1.165) is 116 Å². The summed E-state index contributed by atoms with van der Waals surface area (Å²) in [5, 5.41) is 28.7. The topological polar surface area (TPSA) is 117 Å². The number of fused-ring (bicyclic) bond motifs is 2. The normalized spacial score (nSPS) is 10.5. The van der Waals surface area contributed by atoms with Crippen LogP contribution in [0.15, 0.2) is 502 Å². The Balaban J connectivity index is 0.000000151. The van der Waals surface area contributed by atoms with E-state index in [1.54, 1.807) is 19.2 Å². The number of hydrogen-bond acceptors (Lipinski definition) is 6. The molecule has 0 spiro atoms. The Hall–Kier alpha value is -12.7. The van der Waals surface area contributed by atoms with Crippen LogP contribution in [0.1, 0.15) is 55.5 Å². The first-order valence-electron chi connectivity index (χ1n) is 46.7. The van der Waals surface area contributed by atoms with E-state index in [-0.39, 0.29) is 39.4 Å². The SMILES string of the molecule is C#CCCCCO.COCCCCC#Cc1ccc2cc(-c3ccccc3Cl)n(Cc3cccc(N)n3)c2c1.Cl.Nc1cccc(Cn2c(-c3ccccc3Cl)cc3ccc(Br)cc32)n1.[Pd].c1ccc(P(c2ccccc2)c2ccccc2)cc1.c1ccc(P(c2ccccc2)c2ccccc2)cc1.c1ccc(P(c2ccccc2)c2ccccc2)cc1.c1ccc(P(c2ccccc2)c2ccccc2)cc1. The number of ether oxygens (including phenoxy) is 1. The summed E-state index contributed by atoms with van der Waals surface area (Å²) in [7, 11) is -0.0556. The maximum absolute atomic E-state index is 8.22. The van der Waals surface area contributed by atoms with Gasteiger partial charge in [-0.25, -0.2) is 9.97 Å². The largest absolute Gasteiger partial charge is 0.396 e. The molecule has 17 heteroatoms. The minimum Gasteiger partial charge on any atom is -0.396 e. The molecule has 0 aliphatic heterocycles. The van der Waals surface area contributed by atoms with Crippen molar-refractivity contribution in [1.29, 1.82) is 0 Å². The summed E-state index contributed by atoms with van der Waals surface area (Å²) in [6.45, 7) is 2.25. The maximum Gasteiger partial charge on any atom is 0.123 e. The summed E-state index contributed by atoms with van der Waals surface area (Å²) in [4.78, 5) is 8.95. The zero-order valence-corrected chi connectivity index (χ0v) is 88.0. The van der Waals surface area contributed by atoms with Gasteiger partial charge >= 0.3 is 0 Å². The van der Waals surface area contributed by atoms with E-state index in [4.69, 9.17) is 50.9 Å². The van der Waals surface area contributed by atoms with Crippen LogP contribution in [0.3, 0.4) is 0 Å². The number of methoxy groups -OCH3 is 1. The van der Waals surface area contributed by atoms with Gasteiger partial charge in [0.2, 0.25) is 0 Å². The monoisotopic (exact) mass is 2140 g/mol. The molecular formula is C125H112BrCl3N6O2P4Pd. The van der Waals surface area contributed by atoms with Crippen LogP contribution in [0.5, 0.6) is 0 Å². The molecule has 0 unspecified atom stereocenters. The minimum atomic E-state index is -0.446. The first kappa shape index (κ1) is 108. The number of nitrogen functional groups attached to an aromatic ring is 2. The Morgan fingerprint density at radius 2 is 0.606 bits per heavy atom. The third kappa shape index (κ3) is 32.1. The van der Waals surface area contributed by atoms with Gasteiger partial charge in [-0.05, 0) is 194 Å². The van der Waals surface area contributed by atoms with Crippen LogP contribution in [0.25, 0.3) is 44.3 Å². The van der Waals surface area contributed by atoms with Gasteiger partial charge in [-0.3, -0.25) is 0 Å². The fourth-order valence-corrected chi connectivity index (χ4v) is 25.9. The molecule has 20 aromatic rings. The van der Waals surface area contributed by atoms with Gasteiger partial charge in [0.1, 0.15) is 11.6 Å². The zero-order valence-electron chi connectivity index (χ0n) is 78.9. The van der Waals surface area contributed by atoms with E-state index in [1.165, 1.54) is 63.7 Å². The molecule has 0 aliphatic rings. The van der Waals surface area contributed by atoms with Gasteiger partial charge in [0.25, 0.3) is 0 Å². The van der Waals surface area contributed by atoms with Crippen LogP contribution < -0.4 is 75.1 Å². The molecule has 5 N–H and O–H groups in total. The summed E-state index contributed by atoms with van der Waals surface area (Å²) >= 11 is 16.6. The van der Waals surface area contributed by atoms with Crippen molar-refractivity contribution in [2.75, 3.05) is 31.8 Å². The van der Waals surface area contributed by atoms with Crippen molar-refractivity contribution >= 4 is 180 Å². The summed E-state index contributed by atoms with van der Waals surface area (Å²) in [6.07, 6.45) is 10.4. The van der Waals surface area contributed by atoms with E-state index in [1.807, 2.05) is 78.9 Å². The molecule has 4 aromatic heterocycles. The number of halogens is 4. The molecule has 4 heterocycles. The summed E-state index contributed by atoms with van der Waals surface area (Å²) < 4.78 is 10.6. The number of rotatable bonds is 25. The predicted octanol–water partition coefficient (Wildman–Crippen LogP) is 26.9. The maximum atomic E-state index is 8.22. The van der Waals surface area contributed by atoms with Gasteiger partial charge < -0.3 is 30.4 Å². The van der Waals surface area contributed by atoms with Gasteiger partial charge in [-0.15, -0.1) is 24.8 Å². The number of aliphatic hydroxyl groups excluding tert-OH is 1. The summed E-state index contributed by atoms with van der Waals surface area (Å²) in [5.74, 6) is 10.1. The number of benzene rings is 16. The van der Waals surface area contributed by atoms with Crippen LogP contribution in [0.4, 0.5) is 11.6 Å². The number of nitrogens with zero attached hydrogens (tertiary/aromatic N) is 4. The van der Waals surface area contributed by atoms with E-state index >= 15 is 0 Å². The van der Waals surface area contributed by atoms with Crippen molar-refractivity contribution in [1.82, 2.24) is 19.1 Å². The molecule has 0 saturated heterocycles. The number of aromatic nitrogens is 4. The second-order valence-corrected chi connectivity index (χ2v) is 42.9. The molecule has 0 aliphatic carbocycles. The van der Waals surface area contributed by atoms with Crippen molar-refractivity contribution < 1.29 is 30.3 Å². The van der Waals surface area contributed by atoms with Gasteiger partial charge in [-0.1, -0.05) is 476 Å². The number of anilines is 2. The van der Waals surface area contributed by atoms with Crippen molar-refractivity contribution in [2.24, 2.45) is 0 Å².